The zero-order valence-electron chi connectivity index (χ0n) is 11.0. The van der Waals surface area contributed by atoms with E-state index < -0.39 is 0 Å². The van der Waals surface area contributed by atoms with E-state index in [0.717, 1.165) is 12.0 Å². The maximum absolute atomic E-state index is 11.0. The highest BCUT2D eigenvalue weighted by molar-refractivity contribution is 5.79. The molecule has 0 unspecified atom stereocenters. The van der Waals surface area contributed by atoms with Gasteiger partial charge in [0.25, 0.3) is 0 Å². The lowest BCUT2D eigenvalue weighted by Gasteiger charge is -2.16. The lowest BCUT2D eigenvalue weighted by atomic mass is 10.1. The monoisotopic (exact) mass is 260 g/mol. The molecule has 0 N–H and O–H groups in total. The van der Waals surface area contributed by atoms with Crippen LogP contribution in [0.25, 0.3) is 5.69 Å². The minimum absolute atomic E-state index is 0.509. The predicted octanol–water partition coefficient (Wildman–Crippen LogP) is 2.48. The fraction of sp³-hybridized carbons (Fsp3) is 0.286. The Bertz CT molecular complexity index is 523. The van der Waals surface area contributed by atoms with E-state index in [2.05, 4.69) is 4.98 Å². The highest BCUT2D eigenvalue weighted by atomic mass is 16.5. The first kappa shape index (κ1) is 13.1. The van der Waals surface area contributed by atoms with Crippen LogP contribution in [0.2, 0.25) is 0 Å². The van der Waals surface area contributed by atoms with Gasteiger partial charge in [-0.25, -0.2) is 4.98 Å². The molecule has 0 aliphatic rings. The molecule has 1 heterocycles. The normalized spacial score (nSPS) is 10.2. The topological polar surface area (TPSA) is 53.4 Å². The third kappa shape index (κ3) is 2.76. The van der Waals surface area contributed by atoms with Crippen molar-refractivity contribution in [2.45, 2.75) is 13.8 Å². The summed E-state index contributed by atoms with van der Waals surface area (Å²) in [5.74, 6) is 1.21. The lowest BCUT2D eigenvalue weighted by molar-refractivity contribution is 0.112. The Labute approximate surface area is 111 Å². The van der Waals surface area contributed by atoms with Crippen molar-refractivity contribution in [1.29, 1.82) is 0 Å². The van der Waals surface area contributed by atoms with Crippen molar-refractivity contribution in [3.63, 3.8) is 0 Å². The fourth-order valence-corrected chi connectivity index (χ4v) is 1.85. The van der Waals surface area contributed by atoms with E-state index in [0.29, 0.717) is 30.3 Å². The van der Waals surface area contributed by atoms with E-state index in [1.807, 2.05) is 18.4 Å². The summed E-state index contributed by atoms with van der Waals surface area (Å²) >= 11 is 0. The minimum Gasteiger partial charge on any atom is -0.492 e. The first-order valence-corrected chi connectivity index (χ1v) is 6.17. The predicted molar refractivity (Wildman–Crippen MR) is 71.3 cm³/mol. The van der Waals surface area contributed by atoms with Gasteiger partial charge in [-0.3, -0.25) is 9.36 Å². The van der Waals surface area contributed by atoms with Crippen molar-refractivity contribution in [1.82, 2.24) is 9.55 Å². The summed E-state index contributed by atoms with van der Waals surface area (Å²) < 4.78 is 13.0. The average Bonchev–Trinajstić information content (AvgIpc) is 2.92. The molecule has 0 fully saturated rings. The summed E-state index contributed by atoms with van der Waals surface area (Å²) in [5.41, 5.74) is 1.28. The molecule has 1 aromatic heterocycles. The molecular formula is C14H16N2O3. The molecule has 0 radical (unpaired) electrons. The van der Waals surface area contributed by atoms with Crippen LogP contribution in [0.15, 0.2) is 30.9 Å². The van der Waals surface area contributed by atoms with Crippen LogP contribution in [-0.4, -0.2) is 29.1 Å². The number of carbonyl (C=O) groups excluding carboxylic acids is 1. The second kappa shape index (κ2) is 6.04. The van der Waals surface area contributed by atoms with Gasteiger partial charge < -0.3 is 9.47 Å². The summed E-state index contributed by atoms with van der Waals surface area (Å²) in [6, 6.07) is 3.41. The number of rotatable bonds is 6. The van der Waals surface area contributed by atoms with Gasteiger partial charge in [0.1, 0.15) is 23.5 Å². The molecule has 0 aliphatic heterocycles. The SMILES string of the molecule is CCOc1cc(C=O)cc(OCC)c1-n1ccnc1. The largest absolute Gasteiger partial charge is 0.492 e. The van der Waals surface area contributed by atoms with Crippen LogP contribution in [0.3, 0.4) is 0 Å². The first-order chi connectivity index (χ1) is 9.30. The van der Waals surface area contributed by atoms with Gasteiger partial charge in [0.05, 0.1) is 19.5 Å². The number of aromatic nitrogens is 2. The summed E-state index contributed by atoms with van der Waals surface area (Å²) in [5, 5.41) is 0. The van der Waals surface area contributed by atoms with Gasteiger partial charge in [-0.15, -0.1) is 0 Å². The van der Waals surface area contributed by atoms with Crippen LogP contribution < -0.4 is 9.47 Å². The van der Waals surface area contributed by atoms with Crippen molar-refractivity contribution in [3.8, 4) is 17.2 Å². The van der Waals surface area contributed by atoms with Gasteiger partial charge in [-0.05, 0) is 26.0 Å². The Morgan fingerprint density at radius 1 is 1.21 bits per heavy atom. The van der Waals surface area contributed by atoms with E-state index in [-0.39, 0.29) is 0 Å². The molecule has 5 nitrogen and oxygen atoms in total. The van der Waals surface area contributed by atoms with Crippen LogP contribution in [0, 0.1) is 0 Å². The summed E-state index contributed by atoms with van der Waals surface area (Å²) in [6.07, 6.45) is 5.93. The minimum atomic E-state index is 0.509. The maximum Gasteiger partial charge on any atom is 0.150 e. The quantitative estimate of drug-likeness (QED) is 0.749. The third-order valence-corrected chi connectivity index (χ3v) is 2.56. The highest BCUT2D eigenvalue weighted by Crippen LogP contribution is 2.34. The summed E-state index contributed by atoms with van der Waals surface area (Å²) in [6.45, 7) is 4.81. The van der Waals surface area contributed by atoms with Crippen molar-refractivity contribution in [2.24, 2.45) is 0 Å². The summed E-state index contributed by atoms with van der Waals surface area (Å²) in [7, 11) is 0. The molecule has 0 spiro atoms. The van der Waals surface area contributed by atoms with E-state index in [1.54, 1.807) is 30.9 Å². The van der Waals surface area contributed by atoms with Gasteiger partial charge >= 0.3 is 0 Å². The molecule has 2 rings (SSSR count). The number of nitrogens with zero attached hydrogens (tertiary/aromatic N) is 2. The van der Waals surface area contributed by atoms with Crippen LogP contribution in [0.1, 0.15) is 24.2 Å². The maximum atomic E-state index is 11.0. The molecule has 1 aromatic carbocycles. The van der Waals surface area contributed by atoms with Gasteiger partial charge in [0, 0.05) is 18.0 Å². The van der Waals surface area contributed by atoms with Gasteiger partial charge in [-0.2, -0.15) is 0 Å². The number of benzene rings is 1. The summed E-state index contributed by atoms with van der Waals surface area (Å²) in [4.78, 5) is 15.0. The molecule has 100 valence electrons. The Morgan fingerprint density at radius 3 is 2.26 bits per heavy atom. The fourth-order valence-electron chi connectivity index (χ4n) is 1.85. The number of hydrogen-bond donors (Lipinski definition) is 0. The molecule has 2 aromatic rings. The Hall–Kier alpha value is -2.30. The van der Waals surface area contributed by atoms with Gasteiger partial charge in [-0.1, -0.05) is 0 Å². The number of aldehydes is 1. The third-order valence-electron chi connectivity index (χ3n) is 2.56. The molecule has 0 saturated heterocycles. The molecular weight excluding hydrogens is 244 g/mol. The molecule has 0 saturated carbocycles. The molecule has 0 bridgehead atoms. The van der Waals surface area contributed by atoms with Crippen LogP contribution in [0.5, 0.6) is 11.5 Å². The van der Waals surface area contributed by atoms with Crippen LogP contribution >= 0.6 is 0 Å². The number of imidazole rings is 1. The number of carbonyl (C=O) groups is 1. The van der Waals surface area contributed by atoms with Crippen molar-refractivity contribution in [2.75, 3.05) is 13.2 Å². The Morgan fingerprint density at radius 2 is 1.84 bits per heavy atom. The Balaban J connectivity index is 2.61. The lowest BCUT2D eigenvalue weighted by Crippen LogP contribution is -2.04. The number of hydrogen-bond acceptors (Lipinski definition) is 4. The molecule has 5 heteroatoms. The Kier molecular flexibility index (Phi) is 4.18. The van der Waals surface area contributed by atoms with E-state index in [9.17, 15) is 4.79 Å². The first-order valence-electron chi connectivity index (χ1n) is 6.17. The standard InChI is InChI=1S/C14H16N2O3/c1-3-18-12-7-11(9-17)8-13(19-4-2)14(12)16-6-5-15-10-16/h5-10H,3-4H2,1-2H3. The second-order valence-corrected chi connectivity index (χ2v) is 3.82. The van der Waals surface area contributed by atoms with Crippen molar-refractivity contribution >= 4 is 6.29 Å². The zero-order chi connectivity index (χ0) is 13.7. The zero-order valence-corrected chi connectivity index (χ0v) is 11.0. The van der Waals surface area contributed by atoms with E-state index in [1.165, 1.54) is 0 Å². The number of ether oxygens (including phenoxy) is 2. The molecule has 0 amide bonds. The van der Waals surface area contributed by atoms with Crippen molar-refractivity contribution in [3.05, 3.63) is 36.4 Å². The highest BCUT2D eigenvalue weighted by Gasteiger charge is 2.15. The average molecular weight is 260 g/mol. The van der Waals surface area contributed by atoms with E-state index in [4.69, 9.17) is 9.47 Å². The van der Waals surface area contributed by atoms with Gasteiger partial charge in [0.15, 0.2) is 0 Å². The van der Waals surface area contributed by atoms with Crippen molar-refractivity contribution < 1.29 is 14.3 Å². The van der Waals surface area contributed by atoms with E-state index >= 15 is 0 Å². The molecule has 0 atom stereocenters. The van der Waals surface area contributed by atoms with Crippen LogP contribution in [0.4, 0.5) is 0 Å². The molecule has 19 heavy (non-hydrogen) atoms. The van der Waals surface area contributed by atoms with Gasteiger partial charge in [0.2, 0.25) is 0 Å². The second-order valence-electron chi connectivity index (χ2n) is 3.82. The van der Waals surface area contributed by atoms with Crippen LogP contribution in [-0.2, 0) is 0 Å². The molecule has 0 aliphatic carbocycles. The smallest absolute Gasteiger partial charge is 0.150 e.